The fourth-order valence-electron chi connectivity index (χ4n) is 0.846. The maximum Gasteiger partial charge on any atom is 0.391 e. The molecule has 0 bridgehead atoms. The molecule has 0 spiro atoms. The average molecular weight is 199 g/mol. The Bertz CT molecular complexity index is 170. The highest BCUT2D eigenvalue weighted by Gasteiger charge is 2.30. The number of alkyl halides is 3. The van der Waals surface area contributed by atoms with E-state index in [1.165, 1.54) is 14.0 Å². The highest BCUT2D eigenvalue weighted by atomic mass is 19.4. The van der Waals surface area contributed by atoms with E-state index < -0.39 is 24.5 Å². The lowest BCUT2D eigenvalue weighted by Gasteiger charge is -2.15. The van der Waals surface area contributed by atoms with Gasteiger partial charge in [0, 0.05) is 13.2 Å². The molecule has 1 amide bonds. The molecule has 78 valence electrons. The summed E-state index contributed by atoms with van der Waals surface area (Å²) in [4.78, 5) is 10.7. The lowest BCUT2D eigenvalue weighted by Crippen LogP contribution is -2.37. The van der Waals surface area contributed by atoms with Crippen LogP contribution in [0.15, 0.2) is 0 Å². The monoisotopic (exact) mass is 199 g/mol. The standard InChI is InChI=1S/C7H12F3NO2/c1-5(3-7(8,9)10)11-6(12)4-13-2/h5H,3-4H2,1-2H3,(H,11,12). The Balaban J connectivity index is 3.74. The summed E-state index contributed by atoms with van der Waals surface area (Å²) in [5.41, 5.74) is 0. The van der Waals surface area contributed by atoms with Gasteiger partial charge in [0.2, 0.25) is 5.91 Å². The van der Waals surface area contributed by atoms with Crippen LogP contribution in [0, 0.1) is 0 Å². The van der Waals surface area contributed by atoms with Gasteiger partial charge in [0.1, 0.15) is 6.61 Å². The summed E-state index contributed by atoms with van der Waals surface area (Å²) < 4.78 is 39.7. The number of carbonyl (C=O) groups is 1. The van der Waals surface area contributed by atoms with Crippen molar-refractivity contribution >= 4 is 5.91 Å². The summed E-state index contributed by atoms with van der Waals surface area (Å²) in [5, 5.41) is 2.15. The molecular weight excluding hydrogens is 187 g/mol. The molecule has 6 heteroatoms. The largest absolute Gasteiger partial charge is 0.391 e. The molecule has 0 fully saturated rings. The topological polar surface area (TPSA) is 38.3 Å². The molecule has 0 aliphatic heterocycles. The molecule has 1 unspecified atom stereocenters. The van der Waals surface area contributed by atoms with Crippen molar-refractivity contribution < 1.29 is 22.7 Å². The summed E-state index contributed by atoms with van der Waals surface area (Å²) in [6, 6.07) is -0.914. The number of carbonyl (C=O) groups excluding carboxylic acids is 1. The highest BCUT2D eigenvalue weighted by molar-refractivity contribution is 5.77. The summed E-state index contributed by atoms with van der Waals surface area (Å²) in [6.07, 6.45) is -5.28. The van der Waals surface area contributed by atoms with E-state index in [0.717, 1.165) is 0 Å². The van der Waals surface area contributed by atoms with Crippen molar-refractivity contribution in [3.63, 3.8) is 0 Å². The van der Waals surface area contributed by atoms with Gasteiger partial charge in [-0.2, -0.15) is 13.2 Å². The van der Waals surface area contributed by atoms with Crippen molar-refractivity contribution in [3.05, 3.63) is 0 Å². The minimum atomic E-state index is -4.25. The maximum absolute atomic E-state index is 11.8. The van der Waals surface area contributed by atoms with E-state index >= 15 is 0 Å². The maximum atomic E-state index is 11.8. The van der Waals surface area contributed by atoms with Gasteiger partial charge in [-0.15, -0.1) is 0 Å². The molecule has 0 aromatic carbocycles. The fourth-order valence-corrected chi connectivity index (χ4v) is 0.846. The Kier molecular flexibility index (Phi) is 4.76. The third-order valence-corrected chi connectivity index (χ3v) is 1.22. The summed E-state index contributed by atoms with van der Waals surface area (Å²) in [6.45, 7) is 1.07. The predicted molar refractivity (Wildman–Crippen MR) is 40.2 cm³/mol. The number of amides is 1. The Hall–Kier alpha value is -0.780. The smallest absolute Gasteiger partial charge is 0.375 e. The fraction of sp³-hybridized carbons (Fsp3) is 0.857. The zero-order chi connectivity index (χ0) is 10.5. The molecule has 0 heterocycles. The van der Waals surface area contributed by atoms with Crippen LogP contribution >= 0.6 is 0 Å². The number of nitrogens with one attached hydrogen (secondary N) is 1. The number of methoxy groups -OCH3 is 1. The van der Waals surface area contributed by atoms with Gasteiger partial charge in [-0.05, 0) is 6.92 Å². The van der Waals surface area contributed by atoms with E-state index in [2.05, 4.69) is 10.1 Å². The minimum absolute atomic E-state index is 0.220. The Morgan fingerprint density at radius 3 is 2.46 bits per heavy atom. The van der Waals surface area contributed by atoms with Gasteiger partial charge < -0.3 is 10.1 Å². The van der Waals surface area contributed by atoms with Gasteiger partial charge in [-0.1, -0.05) is 0 Å². The van der Waals surface area contributed by atoms with E-state index in [-0.39, 0.29) is 6.61 Å². The first-order valence-corrected chi connectivity index (χ1v) is 3.70. The third-order valence-electron chi connectivity index (χ3n) is 1.22. The lowest BCUT2D eigenvalue weighted by atomic mass is 10.2. The predicted octanol–water partition coefficient (Wildman–Crippen LogP) is 1.09. The molecule has 0 aliphatic carbocycles. The van der Waals surface area contributed by atoms with Crippen LogP contribution in [0.3, 0.4) is 0 Å². The van der Waals surface area contributed by atoms with Crippen LogP contribution in [0.1, 0.15) is 13.3 Å². The van der Waals surface area contributed by atoms with Crippen LogP contribution in [0.25, 0.3) is 0 Å². The molecule has 0 saturated heterocycles. The minimum Gasteiger partial charge on any atom is -0.375 e. The van der Waals surface area contributed by atoms with Crippen molar-refractivity contribution in [3.8, 4) is 0 Å². The number of halogens is 3. The van der Waals surface area contributed by atoms with Gasteiger partial charge >= 0.3 is 6.18 Å². The van der Waals surface area contributed by atoms with E-state index in [0.29, 0.717) is 0 Å². The van der Waals surface area contributed by atoms with Crippen molar-refractivity contribution in [1.29, 1.82) is 0 Å². The molecule has 13 heavy (non-hydrogen) atoms. The molecule has 1 atom stereocenters. The first-order valence-electron chi connectivity index (χ1n) is 3.70. The van der Waals surface area contributed by atoms with E-state index in [1.54, 1.807) is 0 Å². The van der Waals surface area contributed by atoms with Crippen molar-refractivity contribution in [1.82, 2.24) is 5.32 Å². The number of rotatable bonds is 4. The van der Waals surface area contributed by atoms with E-state index in [9.17, 15) is 18.0 Å². The highest BCUT2D eigenvalue weighted by Crippen LogP contribution is 2.21. The Labute approximate surface area is 74.3 Å². The second-order valence-corrected chi connectivity index (χ2v) is 2.72. The zero-order valence-corrected chi connectivity index (χ0v) is 7.44. The summed E-state index contributed by atoms with van der Waals surface area (Å²) >= 11 is 0. The lowest BCUT2D eigenvalue weighted by molar-refractivity contribution is -0.142. The van der Waals surface area contributed by atoms with Gasteiger partial charge in [0.25, 0.3) is 0 Å². The molecule has 0 saturated carbocycles. The molecule has 3 nitrogen and oxygen atoms in total. The Morgan fingerprint density at radius 1 is 1.54 bits per heavy atom. The molecule has 0 radical (unpaired) electrons. The Morgan fingerprint density at radius 2 is 2.08 bits per heavy atom. The second-order valence-electron chi connectivity index (χ2n) is 2.72. The van der Waals surface area contributed by atoms with E-state index in [1.807, 2.05) is 0 Å². The summed E-state index contributed by atoms with van der Waals surface area (Å²) in [7, 11) is 1.30. The first kappa shape index (κ1) is 12.2. The van der Waals surface area contributed by atoms with Gasteiger partial charge in [-0.3, -0.25) is 4.79 Å². The van der Waals surface area contributed by atoms with E-state index in [4.69, 9.17) is 0 Å². The van der Waals surface area contributed by atoms with Crippen LogP contribution in [-0.4, -0.2) is 31.8 Å². The van der Waals surface area contributed by atoms with Crippen molar-refractivity contribution in [2.75, 3.05) is 13.7 Å². The van der Waals surface area contributed by atoms with Crippen LogP contribution in [0.2, 0.25) is 0 Å². The van der Waals surface area contributed by atoms with Crippen LogP contribution in [0.4, 0.5) is 13.2 Å². The first-order chi connectivity index (χ1) is 5.85. The molecule has 0 aromatic rings. The molecule has 0 aliphatic rings. The second kappa shape index (κ2) is 5.06. The third kappa shape index (κ3) is 7.58. The number of hydrogen-bond acceptors (Lipinski definition) is 2. The van der Waals surface area contributed by atoms with Crippen LogP contribution in [-0.2, 0) is 9.53 Å². The zero-order valence-electron chi connectivity index (χ0n) is 7.44. The van der Waals surface area contributed by atoms with Crippen LogP contribution in [0.5, 0.6) is 0 Å². The van der Waals surface area contributed by atoms with Gasteiger partial charge in [0.05, 0.1) is 6.42 Å². The quantitative estimate of drug-likeness (QED) is 0.736. The SMILES string of the molecule is COCC(=O)NC(C)CC(F)(F)F. The number of ether oxygens (including phenoxy) is 1. The molecule has 0 aromatic heterocycles. The van der Waals surface area contributed by atoms with Gasteiger partial charge in [-0.25, -0.2) is 0 Å². The van der Waals surface area contributed by atoms with Crippen molar-refractivity contribution in [2.24, 2.45) is 0 Å². The molecule has 0 rings (SSSR count). The summed E-state index contributed by atoms with van der Waals surface area (Å²) in [5.74, 6) is -0.542. The number of hydrogen-bond donors (Lipinski definition) is 1. The van der Waals surface area contributed by atoms with Gasteiger partial charge in [0.15, 0.2) is 0 Å². The van der Waals surface area contributed by atoms with Crippen molar-refractivity contribution in [2.45, 2.75) is 25.6 Å². The van der Waals surface area contributed by atoms with Crippen LogP contribution < -0.4 is 5.32 Å². The molecule has 1 N–H and O–H groups in total. The normalized spacial score (nSPS) is 13.9. The molecular formula is C7H12F3NO2. The average Bonchev–Trinajstić information content (AvgIpc) is 1.81.